The number of nitrogens with zero attached hydrogens (tertiary/aromatic N) is 2. The molecule has 1 saturated heterocycles. The van der Waals surface area contributed by atoms with Crippen LogP contribution >= 0.6 is 0 Å². The van der Waals surface area contributed by atoms with Crippen molar-refractivity contribution in [3.05, 3.63) is 30.1 Å². The Bertz CT molecular complexity index is 617. The molecule has 0 amide bonds. The van der Waals surface area contributed by atoms with E-state index in [0.717, 1.165) is 11.2 Å². The Labute approximate surface area is 113 Å². The van der Waals surface area contributed by atoms with Crippen LogP contribution in [0, 0.1) is 6.92 Å². The van der Waals surface area contributed by atoms with Gasteiger partial charge in [-0.25, -0.2) is 4.98 Å². The van der Waals surface area contributed by atoms with Gasteiger partial charge in [-0.3, -0.25) is 0 Å². The predicted molar refractivity (Wildman–Crippen MR) is 75.6 cm³/mol. The van der Waals surface area contributed by atoms with Crippen molar-refractivity contribution in [2.24, 2.45) is 0 Å². The molecule has 0 aromatic carbocycles. The van der Waals surface area contributed by atoms with Gasteiger partial charge in [-0.1, -0.05) is 0 Å². The predicted octanol–water partition coefficient (Wildman–Crippen LogP) is 1.94. The van der Waals surface area contributed by atoms with Crippen molar-refractivity contribution >= 4 is 18.4 Å². The first-order valence-corrected chi connectivity index (χ1v) is 6.59. The minimum atomic E-state index is -0.372. The summed E-state index contributed by atoms with van der Waals surface area (Å²) >= 11 is 0. The van der Waals surface area contributed by atoms with Crippen LogP contribution in [0.5, 0.6) is 0 Å². The molecule has 0 spiro atoms. The zero-order valence-electron chi connectivity index (χ0n) is 12.1. The van der Waals surface area contributed by atoms with E-state index in [9.17, 15) is 0 Å². The lowest BCUT2D eigenvalue weighted by molar-refractivity contribution is 0.00578. The van der Waals surface area contributed by atoms with Gasteiger partial charge >= 0.3 is 7.12 Å². The fourth-order valence-corrected chi connectivity index (χ4v) is 2.24. The minimum Gasteiger partial charge on any atom is -0.398 e. The average molecular weight is 258 g/mol. The molecule has 100 valence electrons. The van der Waals surface area contributed by atoms with Crippen LogP contribution in [0.3, 0.4) is 0 Å². The van der Waals surface area contributed by atoms with E-state index in [1.807, 2.05) is 16.8 Å². The molecule has 1 fully saturated rings. The Morgan fingerprint density at radius 1 is 1.16 bits per heavy atom. The molecular weight excluding hydrogens is 239 g/mol. The summed E-state index contributed by atoms with van der Waals surface area (Å²) in [5, 5.41) is 0. The molecule has 3 heterocycles. The molecule has 3 rings (SSSR count). The van der Waals surface area contributed by atoms with E-state index in [1.165, 1.54) is 5.56 Å². The zero-order chi connectivity index (χ0) is 13.8. The van der Waals surface area contributed by atoms with Gasteiger partial charge in [-0.2, -0.15) is 0 Å². The van der Waals surface area contributed by atoms with Gasteiger partial charge in [0.2, 0.25) is 0 Å². The first-order chi connectivity index (χ1) is 8.80. The molecule has 0 radical (unpaired) electrons. The van der Waals surface area contributed by atoms with E-state index < -0.39 is 0 Å². The van der Waals surface area contributed by atoms with Crippen LogP contribution in [-0.4, -0.2) is 27.7 Å². The summed E-state index contributed by atoms with van der Waals surface area (Å²) < 4.78 is 14.2. The van der Waals surface area contributed by atoms with Crippen molar-refractivity contribution < 1.29 is 9.31 Å². The summed E-state index contributed by atoms with van der Waals surface area (Å²) in [4.78, 5) is 4.42. The number of aromatic nitrogens is 2. The lowest BCUT2D eigenvalue weighted by atomic mass is 9.85. The Kier molecular flexibility index (Phi) is 2.56. The summed E-state index contributed by atoms with van der Waals surface area (Å²) in [5.41, 5.74) is 2.40. The summed E-state index contributed by atoms with van der Waals surface area (Å²) in [5.74, 6) is 0. The second-order valence-corrected chi connectivity index (χ2v) is 6.20. The molecule has 4 nitrogen and oxygen atoms in total. The topological polar surface area (TPSA) is 35.8 Å². The summed E-state index contributed by atoms with van der Waals surface area (Å²) in [6.45, 7) is 10.3. The van der Waals surface area contributed by atoms with Crippen molar-refractivity contribution in [1.82, 2.24) is 9.38 Å². The quantitative estimate of drug-likeness (QED) is 0.733. The summed E-state index contributed by atoms with van der Waals surface area (Å²) in [7, 11) is -0.372. The van der Waals surface area contributed by atoms with Crippen LogP contribution in [0.2, 0.25) is 0 Å². The van der Waals surface area contributed by atoms with E-state index >= 15 is 0 Å². The van der Waals surface area contributed by atoms with E-state index in [2.05, 4.69) is 51.7 Å². The largest absolute Gasteiger partial charge is 0.514 e. The Balaban J connectivity index is 2.03. The van der Waals surface area contributed by atoms with E-state index in [1.54, 1.807) is 0 Å². The van der Waals surface area contributed by atoms with Gasteiger partial charge in [0.15, 0.2) is 0 Å². The number of pyridine rings is 1. The van der Waals surface area contributed by atoms with E-state index in [0.29, 0.717) is 0 Å². The standard InChI is InChI=1S/C14H19BN2O2/c1-10-6-7-17-11(9-16-12(17)8-10)15-18-13(2,3)14(4,5)19-15/h6-9H,1-5H3. The lowest BCUT2D eigenvalue weighted by Gasteiger charge is -2.32. The van der Waals surface area contributed by atoms with Gasteiger partial charge in [0.05, 0.1) is 16.8 Å². The fourth-order valence-electron chi connectivity index (χ4n) is 2.24. The SMILES string of the molecule is Cc1ccn2c(B3OC(C)(C)C(C)(C)O3)cnc2c1. The molecule has 0 N–H and O–H groups in total. The van der Waals surface area contributed by atoms with E-state index in [-0.39, 0.29) is 18.3 Å². The zero-order valence-corrected chi connectivity index (χ0v) is 12.1. The monoisotopic (exact) mass is 258 g/mol. The van der Waals surface area contributed by atoms with Crippen molar-refractivity contribution in [1.29, 1.82) is 0 Å². The van der Waals surface area contributed by atoms with Gasteiger partial charge in [-0.05, 0) is 52.3 Å². The third-order valence-electron chi connectivity index (χ3n) is 4.19. The maximum absolute atomic E-state index is 6.06. The number of hydrogen-bond acceptors (Lipinski definition) is 3. The molecule has 2 aromatic heterocycles. The maximum atomic E-state index is 6.06. The molecule has 0 saturated carbocycles. The molecule has 19 heavy (non-hydrogen) atoms. The van der Waals surface area contributed by atoms with Crippen molar-refractivity contribution in [3.8, 4) is 0 Å². The Hall–Kier alpha value is -1.33. The van der Waals surface area contributed by atoms with Crippen LogP contribution in [0.15, 0.2) is 24.5 Å². The third-order valence-corrected chi connectivity index (χ3v) is 4.19. The van der Waals surface area contributed by atoms with Crippen molar-refractivity contribution in [2.45, 2.75) is 45.8 Å². The van der Waals surface area contributed by atoms with Crippen LogP contribution in [0.25, 0.3) is 5.65 Å². The smallest absolute Gasteiger partial charge is 0.398 e. The van der Waals surface area contributed by atoms with Crippen LogP contribution in [0.1, 0.15) is 33.3 Å². The molecule has 1 aliphatic heterocycles. The molecule has 0 bridgehead atoms. The van der Waals surface area contributed by atoms with Crippen LogP contribution < -0.4 is 5.59 Å². The number of fused-ring (bicyclic) bond motifs is 1. The Morgan fingerprint density at radius 2 is 1.79 bits per heavy atom. The highest BCUT2D eigenvalue weighted by atomic mass is 16.7. The number of rotatable bonds is 1. The van der Waals surface area contributed by atoms with Gasteiger partial charge in [-0.15, -0.1) is 0 Å². The maximum Gasteiger partial charge on any atom is 0.514 e. The lowest BCUT2D eigenvalue weighted by Crippen LogP contribution is -2.41. The van der Waals surface area contributed by atoms with Crippen LogP contribution in [0.4, 0.5) is 0 Å². The molecule has 0 aliphatic carbocycles. The molecule has 0 unspecified atom stereocenters. The first kappa shape index (κ1) is 12.7. The van der Waals surface area contributed by atoms with Gasteiger partial charge in [0.25, 0.3) is 0 Å². The second-order valence-electron chi connectivity index (χ2n) is 6.20. The number of imidazole rings is 1. The van der Waals surface area contributed by atoms with Crippen LogP contribution in [-0.2, 0) is 9.31 Å². The van der Waals surface area contributed by atoms with Crippen molar-refractivity contribution in [2.75, 3.05) is 0 Å². The van der Waals surface area contributed by atoms with Gasteiger partial charge in [0.1, 0.15) is 5.65 Å². The van der Waals surface area contributed by atoms with Gasteiger partial charge < -0.3 is 13.7 Å². The normalized spacial score (nSPS) is 21.2. The number of aryl methyl sites for hydroxylation is 1. The highest BCUT2D eigenvalue weighted by Crippen LogP contribution is 2.36. The molecular formula is C14H19BN2O2. The fraction of sp³-hybridized carbons (Fsp3) is 0.500. The van der Waals surface area contributed by atoms with Gasteiger partial charge in [0, 0.05) is 12.4 Å². The molecule has 5 heteroatoms. The second kappa shape index (κ2) is 3.84. The summed E-state index contributed by atoms with van der Waals surface area (Å²) in [6, 6.07) is 4.11. The third kappa shape index (κ3) is 1.88. The molecule has 1 aliphatic rings. The summed E-state index contributed by atoms with van der Waals surface area (Å²) in [6.07, 6.45) is 3.84. The number of hydrogen-bond donors (Lipinski definition) is 0. The minimum absolute atomic E-state index is 0.327. The molecule has 2 aromatic rings. The average Bonchev–Trinajstić information content (AvgIpc) is 2.77. The molecule has 0 atom stereocenters. The highest BCUT2D eigenvalue weighted by molar-refractivity contribution is 6.61. The van der Waals surface area contributed by atoms with Crippen molar-refractivity contribution in [3.63, 3.8) is 0 Å². The first-order valence-electron chi connectivity index (χ1n) is 6.59. The highest BCUT2D eigenvalue weighted by Gasteiger charge is 2.52. The van der Waals surface area contributed by atoms with E-state index in [4.69, 9.17) is 9.31 Å². The Morgan fingerprint density at radius 3 is 2.42 bits per heavy atom.